The van der Waals surface area contributed by atoms with Crippen LogP contribution >= 0.6 is 0 Å². The Morgan fingerprint density at radius 1 is 1.19 bits per heavy atom. The molecular formula is C21H23F2N7O. The molecule has 162 valence electrons. The molecule has 0 saturated heterocycles. The normalized spacial score (nSPS) is 14.2. The van der Waals surface area contributed by atoms with E-state index in [1.807, 2.05) is 10.9 Å². The van der Waals surface area contributed by atoms with E-state index in [0.717, 1.165) is 25.3 Å². The first-order chi connectivity index (χ1) is 14.7. The van der Waals surface area contributed by atoms with Crippen molar-refractivity contribution in [3.05, 3.63) is 42.2 Å². The zero-order valence-electron chi connectivity index (χ0n) is 17.5. The number of hydrogen-bond donors (Lipinski definition) is 2. The van der Waals surface area contributed by atoms with Crippen LogP contribution in [-0.4, -0.2) is 30.6 Å². The van der Waals surface area contributed by atoms with Crippen molar-refractivity contribution in [1.82, 2.24) is 24.7 Å². The van der Waals surface area contributed by atoms with Crippen LogP contribution in [0.4, 0.5) is 26.1 Å². The molecule has 0 radical (unpaired) electrons. The summed E-state index contributed by atoms with van der Waals surface area (Å²) in [6.07, 6.45) is 8.69. The van der Waals surface area contributed by atoms with Crippen LogP contribution in [0.15, 0.2) is 30.7 Å². The van der Waals surface area contributed by atoms with Crippen LogP contribution in [0.1, 0.15) is 50.7 Å². The van der Waals surface area contributed by atoms with E-state index in [2.05, 4.69) is 30.7 Å². The maximum atomic E-state index is 13.8. The second kappa shape index (κ2) is 8.01. The second-order valence-electron chi connectivity index (χ2n) is 7.82. The van der Waals surface area contributed by atoms with E-state index in [-0.39, 0.29) is 11.7 Å². The quantitative estimate of drug-likeness (QED) is 0.598. The first-order valence-corrected chi connectivity index (χ1v) is 10.0. The summed E-state index contributed by atoms with van der Waals surface area (Å²) in [4.78, 5) is 23.6. The lowest BCUT2D eigenvalue weighted by Crippen LogP contribution is -2.17. The zero-order valence-corrected chi connectivity index (χ0v) is 17.5. The third-order valence-electron chi connectivity index (χ3n) is 5.08. The molecule has 0 spiro atoms. The Hall–Kier alpha value is -3.43. The highest BCUT2D eigenvalue weighted by Gasteiger charge is 2.29. The van der Waals surface area contributed by atoms with Crippen molar-refractivity contribution < 1.29 is 13.6 Å². The Kier molecular flexibility index (Phi) is 5.38. The fourth-order valence-corrected chi connectivity index (χ4v) is 3.33. The number of nitrogens with zero attached hydrogens (tertiary/aromatic N) is 5. The molecule has 8 nitrogen and oxygen atoms in total. The number of amides is 1. The number of anilines is 3. The van der Waals surface area contributed by atoms with Crippen LogP contribution in [0.3, 0.4) is 0 Å². The number of carbonyl (C=O) groups excluding carboxylic acids is 1. The van der Waals surface area contributed by atoms with E-state index in [1.54, 1.807) is 31.5 Å². The molecule has 1 amide bonds. The molecule has 0 aromatic carbocycles. The summed E-state index contributed by atoms with van der Waals surface area (Å²) in [5.74, 6) is -3.46. The van der Waals surface area contributed by atoms with Gasteiger partial charge < -0.3 is 10.6 Å². The molecule has 10 heteroatoms. The second-order valence-corrected chi connectivity index (χ2v) is 7.82. The summed E-state index contributed by atoms with van der Waals surface area (Å²) < 4.78 is 29.5. The number of aromatic nitrogens is 5. The van der Waals surface area contributed by atoms with E-state index >= 15 is 0 Å². The molecule has 1 saturated carbocycles. The largest absolute Gasteiger partial charge is 0.339 e. The average molecular weight is 427 g/mol. The predicted molar refractivity (Wildman–Crippen MR) is 112 cm³/mol. The van der Waals surface area contributed by atoms with Crippen molar-refractivity contribution in [3.8, 4) is 11.1 Å². The number of pyridine rings is 1. The van der Waals surface area contributed by atoms with Gasteiger partial charge in [0.05, 0.1) is 17.9 Å². The van der Waals surface area contributed by atoms with Crippen molar-refractivity contribution in [2.24, 2.45) is 0 Å². The van der Waals surface area contributed by atoms with Crippen LogP contribution in [-0.2, 0) is 10.7 Å². The van der Waals surface area contributed by atoms with Gasteiger partial charge in [-0.1, -0.05) is 0 Å². The van der Waals surface area contributed by atoms with Gasteiger partial charge >= 0.3 is 5.92 Å². The number of aryl methyl sites for hydroxylation is 1. The molecule has 3 aromatic rings. The molecule has 3 aromatic heterocycles. The van der Waals surface area contributed by atoms with Crippen molar-refractivity contribution in [2.45, 2.75) is 52.0 Å². The summed E-state index contributed by atoms with van der Waals surface area (Å²) >= 11 is 0. The summed E-state index contributed by atoms with van der Waals surface area (Å²) in [6.45, 7) is 3.77. The Bertz CT molecular complexity index is 1120. The topological polar surface area (TPSA) is 97.6 Å². The van der Waals surface area contributed by atoms with Gasteiger partial charge in [-0.15, -0.1) is 0 Å². The van der Waals surface area contributed by atoms with Crippen molar-refractivity contribution in [1.29, 1.82) is 0 Å². The molecule has 4 rings (SSSR count). The lowest BCUT2D eigenvalue weighted by molar-refractivity contribution is -0.114. The third-order valence-corrected chi connectivity index (χ3v) is 5.08. The summed E-state index contributed by atoms with van der Waals surface area (Å²) in [7, 11) is 0. The molecular weight excluding hydrogens is 404 g/mol. The summed E-state index contributed by atoms with van der Waals surface area (Å²) in [5.41, 5.74) is 2.49. The monoisotopic (exact) mass is 427 g/mol. The lowest BCUT2D eigenvalue weighted by atomic mass is 9.93. The Labute approximate surface area is 178 Å². The number of hydrogen-bond acceptors (Lipinski definition) is 6. The zero-order chi connectivity index (χ0) is 22.2. The van der Waals surface area contributed by atoms with Crippen LogP contribution in [0.2, 0.25) is 0 Å². The minimum atomic E-state index is -3.17. The van der Waals surface area contributed by atoms with Gasteiger partial charge in [-0.25, -0.2) is 15.0 Å². The average Bonchev–Trinajstić information content (AvgIpc) is 3.08. The standard InChI is InChI=1S/C21H23F2N7O/c1-12-7-19(29-20(26-12)21(3,22)23)28-17-8-18(27-13(2)31)24-10-16(17)14-9-25-30(11-14)15-5-4-6-15/h7-11,15H,4-6H2,1-3H3,(H2,24,26,27,28,29,31). The van der Waals surface area contributed by atoms with Gasteiger partial charge in [0.1, 0.15) is 11.6 Å². The van der Waals surface area contributed by atoms with Crippen LogP contribution in [0.5, 0.6) is 0 Å². The molecule has 3 heterocycles. The van der Waals surface area contributed by atoms with E-state index in [4.69, 9.17) is 0 Å². The fourth-order valence-electron chi connectivity index (χ4n) is 3.33. The van der Waals surface area contributed by atoms with Gasteiger partial charge in [0, 0.05) is 55.2 Å². The summed E-state index contributed by atoms with van der Waals surface area (Å²) in [6, 6.07) is 3.61. The smallest absolute Gasteiger partial charge is 0.303 e. The lowest BCUT2D eigenvalue weighted by Gasteiger charge is -2.25. The molecule has 2 N–H and O–H groups in total. The Morgan fingerprint density at radius 3 is 2.61 bits per heavy atom. The first kappa shape index (κ1) is 20.8. The SMILES string of the molecule is CC(=O)Nc1cc(Nc2cc(C)nc(C(C)(F)F)n2)c(-c2cnn(C3CCC3)c2)cn1. The highest BCUT2D eigenvalue weighted by atomic mass is 19.3. The highest BCUT2D eigenvalue weighted by molar-refractivity contribution is 5.90. The van der Waals surface area contributed by atoms with Crippen LogP contribution in [0.25, 0.3) is 11.1 Å². The molecule has 1 fully saturated rings. The molecule has 0 bridgehead atoms. The van der Waals surface area contributed by atoms with Gasteiger partial charge in [0.2, 0.25) is 11.7 Å². The Balaban J connectivity index is 1.73. The van der Waals surface area contributed by atoms with Gasteiger partial charge in [0.15, 0.2) is 0 Å². The van der Waals surface area contributed by atoms with Gasteiger partial charge in [-0.3, -0.25) is 9.48 Å². The number of halogens is 2. The van der Waals surface area contributed by atoms with E-state index in [9.17, 15) is 13.6 Å². The summed E-state index contributed by atoms with van der Waals surface area (Å²) in [5, 5.41) is 10.2. The van der Waals surface area contributed by atoms with Gasteiger partial charge in [0.25, 0.3) is 0 Å². The van der Waals surface area contributed by atoms with Crippen molar-refractivity contribution >= 4 is 23.2 Å². The number of alkyl halides is 2. The van der Waals surface area contributed by atoms with Crippen molar-refractivity contribution in [3.63, 3.8) is 0 Å². The van der Waals surface area contributed by atoms with Crippen molar-refractivity contribution in [2.75, 3.05) is 10.6 Å². The maximum absolute atomic E-state index is 13.8. The number of carbonyl (C=O) groups is 1. The van der Waals surface area contributed by atoms with E-state index < -0.39 is 11.7 Å². The van der Waals surface area contributed by atoms with Gasteiger partial charge in [-0.2, -0.15) is 13.9 Å². The Morgan fingerprint density at radius 2 is 1.97 bits per heavy atom. The molecule has 0 aliphatic heterocycles. The fraction of sp³-hybridized carbons (Fsp3) is 0.381. The number of rotatable bonds is 6. The first-order valence-electron chi connectivity index (χ1n) is 10.0. The van der Waals surface area contributed by atoms with Crippen LogP contribution in [0, 0.1) is 6.92 Å². The van der Waals surface area contributed by atoms with E-state index in [1.165, 1.54) is 13.3 Å². The molecule has 1 aliphatic carbocycles. The van der Waals surface area contributed by atoms with Gasteiger partial charge in [-0.05, 0) is 26.2 Å². The minimum Gasteiger partial charge on any atom is -0.339 e. The molecule has 1 aliphatic rings. The number of nitrogens with one attached hydrogen (secondary N) is 2. The molecule has 0 unspecified atom stereocenters. The molecule has 0 atom stereocenters. The van der Waals surface area contributed by atoms with E-state index in [0.29, 0.717) is 28.8 Å². The van der Waals surface area contributed by atoms with Crippen LogP contribution < -0.4 is 10.6 Å². The maximum Gasteiger partial charge on any atom is 0.303 e. The minimum absolute atomic E-state index is 0.219. The highest BCUT2D eigenvalue weighted by Crippen LogP contribution is 2.35. The molecule has 31 heavy (non-hydrogen) atoms. The predicted octanol–water partition coefficient (Wildman–Crippen LogP) is 4.58. The third kappa shape index (κ3) is 4.68.